The third-order valence-electron chi connectivity index (χ3n) is 3.06. The lowest BCUT2D eigenvalue weighted by atomic mass is 10.2. The smallest absolute Gasteiger partial charge is 0.239 e. The van der Waals surface area contributed by atoms with Crippen molar-refractivity contribution < 1.29 is 14.3 Å². The largest absolute Gasteiger partial charge is 0.504 e. The van der Waals surface area contributed by atoms with E-state index in [0.717, 1.165) is 11.6 Å². The van der Waals surface area contributed by atoms with Crippen LogP contribution in [-0.2, 0) is 6.54 Å². The molecule has 23 heavy (non-hydrogen) atoms. The zero-order valence-corrected chi connectivity index (χ0v) is 11.7. The molecule has 0 aliphatic rings. The molecule has 0 fully saturated rings. The molecule has 0 aliphatic heterocycles. The molecule has 0 saturated carbocycles. The van der Waals surface area contributed by atoms with Crippen molar-refractivity contribution in [2.45, 2.75) is 6.54 Å². The summed E-state index contributed by atoms with van der Waals surface area (Å²) in [5.41, 5.74) is 1.06. The Kier molecular flexibility index (Phi) is 3.91. The molecule has 9 heteroatoms. The molecule has 1 aromatic carbocycles. The summed E-state index contributed by atoms with van der Waals surface area (Å²) in [5, 5.41) is 26.5. The summed E-state index contributed by atoms with van der Waals surface area (Å²) in [5.74, 6) is -1.29. The number of nitrogens with one attached hydrogen (secondary N) is 1. The van der Waals surface area contributed by atoms with Crippen molar-refractivity contribution in [2.24, 2.45) is 0 Å². The quantitative estimate of drug-likeness (QED) is 0.418. The van der Waals surface area contributed by atoms with Crippen LogP contribution in [0.1, 0.15) is 21.9 Å². The van der Waals surface area contributed by atoms with Gasteiger partial charge in [-0.3, -0.25) is 9.48 Å². The summed E-state index contributed by atoms with van der Waals surface area (Å²) in [6.07, 6.45) is 2.46. The van der Waals surface area contributed by atoms with Gasteiger partial charge in [-0.1, -0.05) is 12.1 Å². The molecule has 3 aromatic rings. The fraction of sp³-hybridized carbons (Fsp3) is 0.0714. The Balaban J connectivity index is 1.81. The van der Waals surface area contributed by atoms with Gasteiger partial charge in [-0.2, -0.15) is 10.3 Å². The van der Waals surface area contributed by atoms with Gasteiger partial charge in [0.05, 0.1) is 6.54 Å². The van der Waals surface area contributed by atoms with Crippen LogP contribution in [0.25, 0.3) is 5.76 Å². The highest BCUT2D eigenvalue weighted by molar-refractivity contribution is 6.06. The minimum absolute atomic E-state index is 0.0806. The summed E-state index contributed by atoms with van der Waals surface area (Å²) < 4.78 is 14.4. The molecule has 2 aromatic heterocycles. The standard InChI is InChI=1S/C14H11FN6O2/c15-10-3-1-9(2-4-10)8-21-11(5-6-16-21)12(22)7-13(23)14-17-19-20-18-14/h1-7,23H,8H2,(H,17,18,19,20). The number of tetrazole rings is 1. The molecule has 0 spiro atoms. The van der Waals surface area contributed by atoms with E-state index in [2.05, 4.69) is 25.7 Å². The highest BCUT2D eigenvalue weighted by atomic mass is 19.1. The molecule has 0 bridgehead atoms. The number of nitrogens with zero attached hydrogens (tertiary/aromatic N) is 5. The van der Waals surface area contributed by atoms with E-state index in [1.165, 1.54) is 29.1 Å². The molecule has 0 radical (unpaired) electrons. The van der Waals surface area contributed by atoms with Crippen LogP contribution >= 0.6 is 0 Å². The second-order valence-corrected chi connectivity index (χ2v) is 4.63. The number of aromatic amines is 1. The lowest BCUT2D eigenvalue weighted by Crippen LogP contribution is -2.10. The van der Waals surface area contributed by atoms with Gasteiger partial charge in [0.15, 0.2) is 5.76 Å². The molecular formula is C14H11FN6O2. The van der Waals surface area contributed by atoms with Gasteiger partial charge in [-0.25, -0.2) is 4.39 Å². The van der Waals surface area contributed by atoms with E-state index in [0.29, 0.717) is 6.54 Å². The average molecular weight is 314 g/mol. The predicted octanol–water partition coefficient (Wildman–Crippen LogP) is 1.37. The van der Waals surface area contributed by atoms with Crippen LogP contribution < -0.4 is 0 Å². The van der Waals surface area contributed by atoms with Crippen LogP contribution in [0.3, 0.4) is 0 Å². The predicted molar refractivity (Wildman–Crippen MR) is 76.8 cm³/mol. The molecule has 2 N–H and O–H groups in total. The Morgan fingerprint density at radius 1 is 1.30 bits per heavy atom. The van der Waals surface area contributed by atoms with Crippen molar-refractivity contribution in [1.82, 2.24) is 30.4 Å². The first kappa shape index (κ1) is 14.6. The van der Waals surface area contributed by atoms with Crippen LogP contribution in [-0.4, -0.2) is 41.3 Å². The first-order chi connectivity index (χ1) is 11.1. The number of H-pyrrole nitrogens is 1. The number of ketones is 1. The fourth-order valence-corrected chi connectivity index (χ4v) is 1.96. The first-order valence-corrected chi connectivity index (χ1v) is 6.58. The van der Waals surface area contributed by atoms with Crippen LogP contribution in [0.2, 0.25) is 0 Å². The monoisotopic (exact) mass is 314 g/mol. The normalized spacial score (nSPS) is 11.6. The topological polar surface area (TPSA) is 110 Å². The molecule has 2 heterocycles. The maximum absolute atomic E-state index is 12.9. The molecular weight excluding hydrogens is 303 g/mol. The lowest BCUT2D eigenvalue weighted by molar-refractivity contribution is 0.103. The van der Waals surface area contributed by atoms with Gasteiger partial charge in [0.1, 0.15) is 11.5 Å². The molecule has 3 rings (SSSR count). The summed E-state index contributed by atoms with van der Waals surface area (Å²) in [6, 6.07) is 7.41. The molecule has 0 aliphatic carbocycles. The number of hydrogen-bond acceptors (Lipinski definition) is 6. The Morgan fingerprint density at radius 3 is 2.78 bits per heavy atom. The fourth-order valence-electron chi connectivity index (χ4n) is 1.96. The highest BCUT2D eigenvalue weighted by Gasteiger charge is 2.13. The van der Waals surface area contributed by atoms with Crippen molar-refractivity contribution in [1.29, 1.82) is 0 Å². The number of aliphatic hydroxyl groups is 1. The van der Waals surface area contributed by atoms with Gasteiger partial charge >= 0.3 is 0 Å². The average Bonchev–Trinajstić information content (AvgIpc) is 3.20. The molecule has 0 saturated heterocycles. The van der Waals surface area contributed by atoms with E-state index in [9.17, 15) is 14.3 Å². The van der Waals surface area contributed by atoms with E-state index in [1.54, 1.807) is 12.1 Å². The second-order valence-electron chi connectivity index (χ2n) is 4.63. The second kappa shape index (κ2) is 6.18. The third-order valence-corrected chi connectivity index (χ3v) is 3.06. The first-order valence-electron chi connectivity index (χ1n) is 6.58. The number of allylic oxidation sites excluding steroid dienone is 1. The lowest BCUT2D eigenvalue weighted by Gasteiger charge is -2.05. The van der Waals surface area contributed by atoms with Crippen molar-refractivity contribution in [2.75, 3.05) is 0 Å². The third kappa shape index (κ3) is 3.28. The van der Waals surface area contributed by atoms with Crippen LogP contribution in [0.5, 0.6) is 0 Å². The van der Waals surface area contributed by atoms with Gasteiger partial charge in [0.25, 0.3) is 0 Å². The van der Waals surface area contributed by atoms with E-state index < -0.39 is 11.5 Å². The Hall–Kier alpha value is -3.36. The van der Waals surface area contributed by atoms with E-state index in [4.69, 9.17) is 0 Å². The number of benzene rings is 1. The Morgan fingerprint density at radius 2 is 2.09 bits per heavy atom. The van der Waals surface area contributed by atoms with Crippen LogP contribution in [0, 0.1) is 5.82 Å². The van der Waals surface area contributed by atoms with Gasteiger partial charge in [-0.05, 0) is 29.0 Å². The van der Waals surface area contributed by atoms with Gasteiger partial charge < -0.3 is 5.11 Å². The van der Waals surface area contributed by atoms with Crippen molar-refractivity contribution in [3.8, 4) is 0 Å². The maximum atomic E-state index is 12.9. The number of carbonyl (C=O) groups excluding carboxylic acids is 1. The van der Waals surface area contributed by atoms with Gasteiger partial charge in [-0.15, -0.1) is 10.2 Å². The Bertz CT molecular complexity index is 839. The molecule has 0 amide bonds. The molecule has 116 valence electrons. The molecule has 0 atom stereocenters. The van der Waals surface area contributed by atoms with E-state index in [1.807, 2.05) is 0 Å². The summed E-state index contributed by atoms with van der Waals surface area (Å²) in [6.45, 7) is 0.297. The number of hydrogen-bond donors (Lipinski definition) is 2. The minimum Gasteiger partial charge on any atom is -0.504 e. The van der Waals surface area contributed by atoms with Crippen molar-refractivity contribution in [3.05, 3.63) is 65.5 Å². The van der Waals surface area contributed by atoms with Crippen LogP contribution in [0.15, 0.2) is 42.6 Å². The summed E-state index contributed by atoms with van der Waals surface area (Å²) in [7, 11) is 0. The van der Waals surface area contributed by atoms with Crippen molar-refractivity contribution in [3.63, 3.8) is 0 Å². The van der Waals surface area contributed by atoms with Crippen LogP contribution in [0.4, 0.5) is 4.39 Å². The Labute approximate surface area is 129 Å². The molecule has 8 nitrogen and oxygen atoms in total. The molecule has 0 unspecified atom stereocenters. The zero-order valence-electron chi connectivity index (χ0n) is 11.7. The number of carbonyl (C=O) groups is 1. The number of aromatic nitrogens is 6. The zero-order chi connectivity index (χ0) is 16.2. The summed E-state index contributed by atoms with van der Waals surface area (Å²) >= 11 is 0. The maximum Gasteiger partial charge on any atom is 0.239 e. The number of aliphatic hydroxyl groups excluding tert-OH is 1. The minimum atomic E-state index is -0.466. The van der Waals surface area contributed by atoms with Gasteiger partial charge in [0, 0.05) is 12.3 Å². The summed E-state index contributed by atoms with van der Waals surface area (Å²) in [4.78, 5) is 12.2. The van der Waals surface area contributed by atoms with Crippen molar-refractivity contribution >= 4 is 11.5 Å². The van der Waals surface area contributed by atoms with Gasteiger partial charge in [0.2, 0.25) is 11.6 Å². The number of halogens is 1. The number of rotatable bonds is 5. The SMILES string of the molecule is O=C(C=C(O)c1nn[nH]n1)c1ccnn1Cc1ccc(F)cc1. The highest BCUT2D eigenvalue weighted by Crippen LogP contribution is 2.10. The van der Waals surface area contributed by atoms with E-state index >= 15 is 0 Å². The van der Waals surface area contributed by atoms with E-state index in [-0.39, 0.29) is 17.3 Å².